The van der Waals surface area contributed by atoms with Gasteiger partial charge >= 0.3 is 0 Å². The molecule has 0 unspecified atom stereocenters. The molecular formula is C19H21FO3. The highest BCUT2D eigenvalue weighted by atomic mass is 19.1. The predicted molar refractivity (Wildman–Crippen MR) is 86.6 cm³/mol. The van der Waals surface area contributed by atoms with Crippen molar-refractivity contribution in [3.63, 3.8) is 0 Å². The SMILES string of the molecule is COc1ccc(F)c(-c2ccc(CO)cc2[C@@H](O)C2(C)CC2)c1. The lowest BCUT2D eigenvalue weighted by Gasteiger charge is -2.22. The topological polar surface area (TPSA) is 49.7 Å². The second-order valence-corrected chi connectivity index (χ2v) is 6.48. The van der Waals surface area contributed by atoms with E-state index in [-0.39, 0.29) is 17.8 Å². The smallest absolute Gasteiger partial charge is 0.131 e. The molecule has 0 bridgehead atoms. The van der Waals surface area contributed by atoms with Gasteiger partial charge in [0.2, 0.25) is 0 Å². The van der Waals surface area contributed by atoms with Crippen LogP contribution in [-0.2, 0) is 6.61 Å². The van der Waals surface area contributed by atoms with Gasteiger partial charge in [-0.15, -0.1) is 0 Å². The molecule has 4 heteroatoms. The fraction of sp³-hybridized carbons (Fsp3) is 0.368. The normalized spacial score (nSPS) is 16.9. The molecule has 3 rings (SSSR count). The molecule has 23 heavy (non-hydrogen) atoms. The number of hydrogen-bond acceptors (Lipinski definition) is 3. The highest BCUT2D eigenvalue weighted by Crippen LogP contribution is 2.55. The quantitative estimate of drug-likeness (QED) is 0.881. The number of hydrogen-bond donors (Lipinski definition) is 2. The summed E-state index contributed by atoms with van der Waals surface area (Å²) in [6, 6.07) is 9.84. The largest absolute Gasteiger partial charge is 0.497 e. The third kappa shape index (κ3) is 2.96. The first-order chi connectivity index (χ1) is 11.0. The van der Waals surface area contributed by atoms with Crippen molar-refractivity contribution in [2.75, 3.05) is 7.11 Å². The molecule has 0 radical (unpaired) electrons. The summed E-state index contributed by atoms with van der Waals surface area (Å²) in [5.74, 6) is 0.197. The van der Waals surface area contributed by atoms with Crippen LogP contribution in [0.25, 0.3) is 11.1 Å². The maximum atomic E-state index is 14.3. The Morgan fingerprint density at radius 1 is 1.17 bits per heavy atom. The fourth-order valence-corrected chi connectivity index (χ4v) is 2.87. The van der Waals surface area contributed by atoms with Gasteiger partial charge in [0.15, 0.2) is 0 Å². The summed E-state index contributed by atoms with van der Waals surface area (Å²) in [7, 11) is 1.53. The highest BCUT2D eigenvalue weighted by Gasteiger charge is 2.45. The summed E-state index contributed by atoms with van der Waals surface area (Å²) in [6.07, 6.45) is 1.20. The standard InChI is InChI=1S/C19H21FO3/c1-19(7-8-19)18(22)16-9-12(11-21)3-5-14(16)15-10-13(23-2)4-6-17(15)20/h3-6,9-10,18,21-22H,7-8,11H2,1-2H3/t18-/m1/s1. The van der Waals surface area contributed by atoms with Crippen LogP contribution in [0.1, 0.15) is 37.0 Å². The van der Waals surface area contributed by atoms with Gasteiger partial charge < -0.3 is 14.9 Å². The molecule has 1 aliphatic rings. The summed E-state index contributed by atoms with van der Waals surface area (Å²) in [5, 5.41) is 20.1. The summed E-state index contributed by atoms with van der Waals surface area (Å²) < 4.78 is 19.5. The highest BCUT2D eigenvalue weighted by molar-refractivity contribution is 5.70. The molecule has 1 fully saturated rings. The van der Waals surface area contributed by atoms with Gasteiger partial charge in [-0.05, 0) is 53.1 Å². The first kappa shape index (κ1) is 16.0. The number of aliphatic hydroxyl groups is 2. The average molecular weight is 316 g/mol. The maximum Gasteiger partial charge on any atom is 0.131 e. The molecule has 1 saturated carbocycles. The fourth-order valence-electron chi connectivity index (χ4n) is 2.87. The summed E-state index contributed by atoms with van der Waals surface area (Å²) in [4.78, 5) is 0. The molecule has 2 aromatic carbocycles. The monoisotopic (exact) mass is 316 g/mol. The molecule has 0 heterocycles. The van der Waals surface area contributed by atoms with Crippen molar-refractivity contribution >= 4 is 0 Å². The molecular weight excluding hydrogens is 295 g/mol. The molecule has 0 aliphatic heterocycles. The third-order valence-corrected chi connectivity index (χ3v) is 4.76. The Bertz CT molecular complexity index is 723. The molecule has 0 aromatic heterocycles. The number of halogens is 1. The summed E-state index contributed by atoms with van der Waals surface area (Å²) in [5.41, 5.74) is 2.23. The molecule has 1 aliphatic carbocycles. The van der Waals surface area contributed by atoms with Crippen molar-refractivity contribution in [2.24, 2.45) is 5.41 Å². The third-order valence-electron chi connectivity index (χ3n) is 4.76. The Morgan fingerprint density at radius 3 is 2.52 bits per heavy atom. The molecule has 3 nitrogen and oxygen atoms in total. The van der Waals surface area contributed by atoms with Gasteiger partial charge in [0.1, 0.15) is 11.6 Å². The molecule has 1 atom stereocenters. The van der Waals surface area contributed by atoms with Crippen molar-refractivity contribution in [3.8, 4) is 16.9 Å². The van der Waals surface area contributed by atoms with Gasteiger partial charge in [-0.3, -0.25) is 0 Å². The molecule has 0 spiro atoms. The van der Waals surface area contributed by atoms with Gasteiger partial charge in [0.05, 0.1) is 19.8 Å². The first-order valence-corrected chi connectivity index (χ1v) is 7.74. The Kier molecular flexibility index (Phi) is 4.13. The van der Waals surface area contributed by atoms with Crippen LogP contribution in [0.4, 0.5) is 4.39 Å². The van der Waals surface area contributed by atoms with Crippen LogP contribution in [0.5, 0.6) is 5.75 Å². The lowest BCUT2D eigenvalue weighted by atomic mass is 9.87. The zero-order chi connectivity index (χ0) is 16.6. The van der Waals surface area contributed by atoms with Gasteiger partial charge in [-0.2, -0.15) is 0 Å². The Labute approximate surface area is 135 Å². The van der Waals surface area contributed by atoms with Crippen LogP contribution in [-0.4, -0.2) is 17.3 Å². The number of aliphatic hydroxyl groups excluding tert-OH is 2. The van der Waals surface area contributed by atoms with E-state index < -0.39 is 6.10 Å². The Balaban J connectivity index is 2.15. The van der Waals surface area contributed by atoms with Crippen LogP contribution in [0, 0.1) is 11.2 Å². The van der Waals surface area contributed by atoms with E-state index in [4.69, 9.17) is 4.74 Å². The molecule has 122 valence electrons. The van der Waals surface area contributed by atoms with Crippen molar-refractivity contribution < 1.29 is 19.3 Å². The minimum Gasteiger partial charge on any atom is -0.497 e. The minimum atomic E-state index is -0.686. The first-order valence-electron chi connectivity index (χ1n) is 7.74. The number of methoxy groups -OCH3 is 1. The lowest BCUT2D eigenvalue weighted by Crippen LogP contribution is -2.12. The van der Waals surface area contributed by atoms with E-state index >= 15 is 0 Å². The summed E-state index contributed by atoms with van der Waals surface area (Å²) in [6.45, 7) is 1.91. The summed E-state index contributed by atoms with van der Waals surface area (Å²) >= 11 is 0. The van der Waals surface area contributed by atoms with Crippen molar-refractivity contribution in [1.29, 1.82) is 0 Å². The number of rotatable bonds is 5. The van der Waals surface area contributed by atoms with E-state index in [0.717, 1.165) is 12.8 Å². The van der Waals surface area contributed by atoms with Crippen LogP contribution in [0.15, 0.2) is 36.4 Å². The number of benzene rings is 2. The Hall–Kier alpha value is -1.91. The van der Waals surface area contributed by atoms with E-state index in [1.165, 1.54) is 13.2 Å². The molecule has 2 aromatic rings. The molecule has 0 amide bonds. The van der Waals surface area contributed by atoms with Crippen molar-refractivity contribution in [1.82, 2.24) is 0 Å². The second kappa shape index (κ2) is 5.95. The van der Waals surface area contributed by atoms with Crippen molar-refractivity contribution in [2.45, 2.75) is 32.5 Å². The Morgan fingerprint density at radius 2 is 1.91 bits per heavy atom. The number of ether oxygens (including phenoxy) is 1. The van der Waals surface area contributed by atoms with E-state index in [0.29, 0.717) is 28.0 Å². The van der Waals surface area contributed by atoms with Crippen molar-refractivity contribution in [3.05, 3.63) is 53.3 Å². The second-order valence-electron chi connectivity index (χ2n) is 6.48. The lowest BCUT2D eigenvalue weighted by molar-refractivity contribution is 0.104. The minimum absolute atomic E-state index is 0.114. The zero-order valence-electron chi connectivity index (χ0n) is 13.3. The van der Waals surface area contributed by atoms with Gasteiger partial charge in [0.25, 0.3) is 0 Å². The average Bonchev–Trinajstić information content (AvgIpc) is 3.33. The van der Waals surface area contributed by atoms with Crippen LogP contribution >= 0.6 is 0 Å². The van der Waals surface area contributed by atoms with E-state index in [2.05, 4.69) is 0 Å². The van der Waals surface area contributed by atoms with Gasteiger partial charge in [-0.25, -0.2) is 4.39 Å². The van der Waals surface area contributed by atoms with Gasteiger partial charge in [-0.1, -0.05) is 25.1 Å². The zero-order valence-corrected chi connectivity index (χ0v) is 13.3. The molecule has 2 N–H and O–H groups in total. The van der Waals surface area contributed by atoms with E-state index in [1.54, 1.807) is 30.3 Å². The van der Waals surface area contributed by atoms with E-state index in [1.807, 2.05) is 6.92 Å². The van der Waals surface area contributed by atoms with Crippen LogP contribution in [0.2, 0.25) is 0 Å². The van der Waals surface area contributed by atoms with Crippen LogP contribution < -0.4 is 4.74 Å². The van der Waals surface area contributed by atoms with Gasteiger partial charge in [0, 0.05) is 5.56 Å². The van der Waals surface area contributed by atoms with Crippen LogP contribution in [0.3, 0.4) is 0 Å². The van der Waals surface area contributed by atoms with E-state index in [9.17, 15) is 14.6 Å². The molecule has 0 saturated heterocycles. The predicted octanol–water partition coefficient (Wildman–Crippen LogP) is 3.83. The maximum absolute atomic E-state index is 14.3.